The van der Waals surface area contributed by atoms with Gasteiger partial charge >= 0.3 is 0 Å². The van der Waals surface area contributed by atoms with Crippen molar-refractivity contribution in [1.29, 1.82) is 0 Å². The lowest BCUT2D eigenvalue weighted by Gasteiger charge is -2.10. The second-order valence-corrected chi connectivity index (χ2v) is 49.4. The zero-order valence-electron chi connectivity index (χ0n) is 25.8. The van der Waals surface area contributed by atoms with E-state index in [0.717, 1.165) is 21.0 Å². The van der Waals surface area contributed by atoms with Crippen molar-refractivity contribution in [1.82, 2.24) is 0 Å². The van der Waals surface area contributed by atoms with Gasteiger partial charge in [-0.15, -0.1) is 0 Å². The van der Waals surface area contributed by atoms with Crippen LogP contribution in [-0.4, -0.2) is 231 Å². The lowest BCUT2D eigenvalue weighted by molar-refractivity contribution is 0.355. The van der Waals surface area contributed by atoms with Crippen LogP contribution in [0, 0.1) is 0 Å². The van der Waals surface area contributed by atoms with Gasteiger partial charge in [-0.1, -0.05) is 0 Å². The quantitative estimate of drug-likeness (QED) is 0.0412. The van der Waals surface area contributed by atoms with E-state index in [-0.39, 0.29) is 0 Å². The molecule has 0 saturated carbocycles. The van der Waals surface area contributed by atoms with Gasteiger partial charge in [0.15, 0.2) is 0 Å². The number of hydrogen-bond acceptors (Lipinski definition) is 22. The van der Waals surface area contributed by atoms with Crippen molar-refractivity contribution in [2.45, 2.75) is 0 Å². The Bertz CT molecular complexity index is 470. The van der Waals surface area contributed by atoms with Gasteiger partial charge in [0.1, 0.15) is 21.0 Å². The van der Waals surface area contributed by atoms with Crippen molar-refractivity contribution in [2.24, 2.45) is 0 Å². The lowest BCUT2D eigenvalue weighted by Crippen LogP contribution is -2.22. The third kappa shape index (κ3) is 48.1. The molecule has 0 N–H and O–H groups in total. The fourth-order valence-electron chi connectivity index (χ4n) is 1.97. The van der Waals surface area contributed by atoms with Gasteiger partial charge in [-0.3, -0.25) is 0 Å². The lowest BCUT2D eigenvalue weighted by atomic mass is 15.7. The molecule has 0 unspecified atom stereocenters. The monoisotopic (exact) mass is 1040 g/mol. The van der Waals surface area contributed by atoms with Gasteiger partial charge < -0.3 is 90.5 Å². The molecule has 0 aromatic carbocycles. The summed E-state index contributed by atoms with van der Waals surface area (Å²) in [7, 11) is -19.2. The van der Waals surface area contributed by atoms with Gasteiger partial charge in [-0.2, -0.15) is 0 Å². The van der Waals surface area contributed by atoms with Gasteiger partial charge in [-0.25, -0.2) is 0 Å². The van der Waals surface area contributed by atoms with Crippen molar-refractivity contribution in [3.05, 3.63) is 0 Å². The molecule has 0 spiro atoms. The minimum atomic E-state index is -1.05. The fourth-order valence-corrected chi connectivity index (χ4v) is 40.9. The summed E-state index contributed by atoms with van der Waals surface area (Å²) in [6.07, 6.45) is 0. The van der Waals surface area contributed by atoms with Crippen molar-refractivity contribution < 1.29 is 90.5 Å². The van der Waals surface area contributed by atoms with Crippen LogP contribution in [-0.2, 0) is 90.5 Å². The van der Waals surface area contributed by atoms with Crippen LogP contribution in [0.15, 0.2) is 0 Å². The average molecular weight is 1050 g/mol. The predicted molar refractivity (Wildman–Crippen MR) is 223 cm³/mol. The first-order valence-electron chi connectivity index (χ1n) is 12.9. The van der Waals surface area contributed by atoms with Gasteiger partial charge in [0.05, 0.1) is 0 Å². The highest BCUT2D eigenvalue weighted by molar-refractivity contribution is 6.52. The topological polar surface area (TPSA) is 203 Å². The van der Waals surface area contributed by atoms with E-state index in [9.17, 15) is 0 Å². The van der Waals surface area contributed by atoms with E-state index < -0.39 is 210 Å². The Morgan fingerprint density at radius 2 is 0.244 bits per heavy atom. The molecule has 45 heavy (non-hydrogen) atoms. The highest BCUT2D eigenvalue weighted by atomic mass is 28.4. The Balaban J connectivity index is 3.03. The van der Waals surface area contributed by atoms with Crippen LogP contribution in [0.4, 0.5) is 0 Å². The fraction of sp³-hybridized carbons (Fsp3) is 0. The third-order valence-corrected chi connectivity index (χ3v) is 32.1. The highest BCUT2D eigenvalue weighted by Gasteiger charge is 1.99. The summed E-state index contributed by atoms with van der Waals surface area (Å²) in [5, 5.41) is 0. The van der Waals surface area contributed by atoms with Gasteiger partial charge in [-0.05, 0) is 0 Å². The van der Waals surface area contributed by atoms with Crippen molar-refractivity contribution in [2.75, 3.05) is 0 Å². The predicted octanol–water partition coefficient (Wildman–Crippen LogP) is -23.1. The molecule has 0 atom stereocenters. The molecule has 0 aliphatic heterocycles. The Morgan fingerprint density at radius 1 is 0.156 bits per heavy atom. The molecule has 0 aromatic heterocycles. The van der Waals surface area contributed by atoms with Crippen molar-refractivity contribution >= 4 is 231 Å². The van der Waals surface area contributed by atoms with Gasteiger partial charge in [0, 0.05) is 0 Å². The molecular weight excluding hydrogens is 998 g/mol. The SMILES string of the molecule is [SiH3]O[SiH2]O[SiH2]O[SiH2]O[SiH2]O[SiH2]O[SiH2]O[SiH2]O[SiH2]O[SiH2]O[SiH2]O[SiH2]O[SiH2]O[SiH2]O[SiH2]O[SiH2]O[SiH2]O[SiH2]O[SiH2]O[SiH2]O[SiH2]O[SiH2]O[SiH3]. The van der Waals surface area contributed by atoms with E-state index in [1.807, 2.05) is 0 Å². The molecule has 22 nitrogen and oxygen atoms in total. The van der Waals surface area contributed by atoms with Crippen LogP contribution in [0.5, 0.6) is 0 Å². The minimum absolute atomic E-state index is 0.733. The third-order valence-electron chi connectivity index (χ3n) is 3.57. The van der Waals surface area contributed by atoms with Crippen LogP contribution in [0.1, 0.15) is 0 Å². The van der Waals surface area contributed by atoms with Crippen LogP contribution in [0.2, 0.25) is 0 Å². The summed E-state index contributed by atoms with van der Waals surface area (Å²) in [6, 6.07) is 0. The minimum Gasteiger partial charge on any atom is -0.449 e. The number of hydrogen-bond donors (Lipinski definition) is 0. The van der Waals surface area contributed by atoms with E-state index in [1.165, 1.54) is 0 Å². The number of rotatable bonds is 42. The van der Waals surface area contributed by atoms with Crippen LogP contribution in [0.25, 0.3) is 0 Å². The molecular formula is H48O22Si23. The zero-order valence-corrected chi connectivity index (χ0v) is 59.5. The second-order valence-electron chi connectivity index (χ2n) is 7.13. The molecule has 0 rings (SSSR count). The Morgan fingerprint density at radius 3 is 0.333 bits per heavy atom. The summed E-state index contributed by atoms with van der Waals surface area (Å²) in [4.78, 5) is 0. The molecule has 272 valence electrons. The Hall–Kier alpha value is 4.11. The first-order valence-corrected chi connectivity index (χ1v) is 38.8. The average Bonchev–Trinajstić information content (AvgIpc) is 3.05. The first kappa shape index (κ1) is 49.1. The summed E-state index contributed by atoms with van der Waals surface area (Å²) in [5.74, 6) is 0. The van der Waals surface area contributed by atoms with Crippen LogP contribution in [0.3, 0.4) is 0 Å². The van der Waals surface area contributed by atoms with Crippen LogP contribution >= 0.6 is 0 Å². The maximum absolute atomic E-state index is 5.49. The Kier molecular flexibility index (Phi) is 52.5. The molecule has 45 heteroatoms. The zero-order chi connectivity index (χ0) is 32.4. The molecule has 0 radical (unpaired) electrons. The first-order chi connectivity index (χ1) is 22.4. The molecule has 0 saturated heterocycles. The molecule has 0 aromatic rings. The highest BCUT2D eigenvalue weighted by Crippen LogP contribution is 1.81. The van der Waals surface area contributed by atoms with E-state index in [2.05, 4.69) is 0 Å². The van der Waals surface area contributed by atoms with Crippen molar-refractivity contribution in [3.63, 3.8) is 0 Å². The molecule has 0 amide bonds. The van der Waals surface area contributed by atoms with E-state index in [4.69, 9.17) is 90.5 Å². The smallest absolute Gasteiger partial charge is 0.286 e. The second kappa shape index (κ2) is 48.1. The summed E-state index contributed by atoms with van der Waals surface area (Å²) < 4.78 is 119. The maximum atomic E-state index is 5.49. The van der Waals surface area contributed by atoms with E-state index in [0.29, 0.717) is 0 Å². The molecule has 0 heterocycles. The molecule has 0 aliphatic carbocycles. The normalized spacial score (nSPS) is 17.3. The van der Waals surface area contributed by atoms with E-state index in [1.54, 1.807) is 0 Å². The standard InChI is InChI=1S/H48O22Si23/c23-1-25-3-27-5-29-7-31-9-33-11-35-13-37-15-39-17-41-19-43-21-45-22-44-20-42-18-40-16-38-14-36-12-34-10-32-8-30-6-28-4-26-2-24/h25-45H2,23-24H3. The molecule has 0 bridgehead atoms. The summed E-state index contributed by atoms with van der Waals surface area (Å²) in [5.41, 5.74) is 0. The largest absolute Gasteiger partial charge is 0.449 e. The summed E-state index contributed by atoms with van der Waals surface area (Å²) >= 11 is 0. The Labute approximate surface area is 319 Å². The van der Waals surface area contributed by atoms with Crippen LogP contribution < -0.4 is 0 Å². The van der Waals surface area contributed by atoms with Gasteiger partial charge in [0.2, 0.25) is 0 Å². The summed E-state index contributed by atoms with van der Waals surface area (Å²) in [6.45, 7) is 0. The van der Waals surface area contributed by atoms with Crippen molar-refractivity contribution in [3.8, 4) is 0 Å². The molecule has 0 fully saturated rings. The maximum Gasteiger partial charge on any atom is 0.286 e. The van der Waals surface area contributed by atoms with Gasteiger partial charge in [0.25, 0.3) is 210 Å². The van der Waals surface area contributed by atoms with E-state index >= 15 is 0 Å². The molecule has 0 aliphatic rings.